The lowest BCUT2D eigenvalue weighted by Crippen LogP contribution is -2.27. The smallest absolute Gasteiger partial charge is 0.322 e. The Kier molecular flexibility index (Phi) is 5.24. The molecule has 0 saturated heterocycles. The summed E-state index contributed by atoms with van der Waals surface area (Å²) >= 11 is 6.02. The highest BCUT2D eigenvalue weighted by Crippen LogP contribution is 2.41. The molecule has 0 aliphatic heterocycles. The lowest BCUT2D eigenvalue weighted by atomic mass is 9.84. The molecule has 0 bridgehead atoms. The maximum absolute atomic E-state index is 15.2. The van der Waals surface area contributed by atoms with Gasteiger partial charge in [-0.2, -0.15) is 13.2 Å². The number of allylic oxidation sites excluding steroid dienone is 1. The fraction of sp³-hybridized carbons (Fsp3) is 0.263. The SMILES string of the molecule is O=C(Nc1ccc(C(F)(F)F)cc1)C1=CCC(F)(c2ncccc2Cl)CC1. The summed E-state index contributed by atoms with van der Waals surface area (Å²) in [6.07, 6.45) is -1.36. The number of nitrogens with zero attached hydrogens (tertiary/aromatic N) is 1. The number of hydrogen-bond donors (Lipinski definition) is 1. The molecule has 1 aromatic carbocycles. The molecule has 0 radical (unpaired) electrons. The standard InChI is InChI=1S/C19H15ClF4N2O/c20-15-2-1-11-25-16(15)18(21)9-7-12(8-10-18)17(27)26-14-5-3-13(4-6-14)19(22,23)24/h1-7,11H,8-10H2,(H,26,27). The largest absolute Gasteiger partial charge is 0.416 e. The van der Waals surface area contributed by atoms with Crippen molar-refractivity contribution in [1.29, 1.82) is 0 Å². The van der Waals surface area contributed by atoms with Crippen molar-refractivity contribution >= 4 is 23.2 Å². The van der Waals surface area contributed by atoms with Gasteiger partial charge >= 0.3 is 6.18 Å². The Balaban J connectivity index is 1.69. The van der Waals surface area contributed by atoms with Crippen LogP contribution in [0.2, 0.25) is 5.02 Å². The van der Waals surface area contributed by atoms with E-state index in [1.807, 2.05) is 0 Å². The third kappa shape index (κ3) is 4.30. The molecule has 1 aromatic heterocycles. The summed E-state index contributed by atoms with van der Waals surface area (Å²) in [6.45, 7) is 0. The van der Waals surface area contributed by atoms with Gasteiger partial charge in [0.05, 0.1) is 16.3 Å². The van der Waals surface area contributed by atoms with Gasteiger partial charge in [-0.1, -0.05) is 17.7 Å². The number of carbonyl (C=O) groups is 1. The minimum atomic E-state index is -4.44. The molecule has 1 amide bonds. The lowest BCUT2D eigenvalue weighted by molar-refractivity contribution is -0.137. The number of pyridine rings is 1. The highest BCUT2D eigenvalue weighted by atomic mass is 35.5. The highest BCUT2D eigenvalue weighted by Gasteiger charge is 2.38. The first-order chi connectivity index (χ1) is 12.7. The van der Waals surface area contributed by atoms with E-state index >= 15 is 4.39 Å². The van der Waals surface area contributed by atoms with Crippen molar-refractivity contribution < 1.29 is 22.4 Å². The Morgan fingerprint density at radius 2 is 1.89 bits per heavy atom. The first-order valence-electron chi connectivity index (χ1n) is 8.17. The number of benzene rings is 1. The summed E-state index contributed by atoms with van der Waals surface area (Å²) in [5, 5.41) is 2.76. The fourth-order valence-electron chi connectivity index (χ4n) is 2.91. The monoisotopic (exact) mass is 398 g/mol. The molecule has 27 heavy (non-hydrogen) atoms. The molecule has 1 heterocycles. The van der Waals surface area contributed by atoms with Gasteiger partial charge in [-0.25, -0.2) is 4.39 Å². The molecule has 1 aliphatic carbocycles. The molecular weight excluding hydrogens is 384 g/mol. The van der Waals surface area contributed by atoms with Gasteiger partial charge in [-0.05, 0) is 49.2 Å². The number of hydrogen-bond acceptors (Lipinski definition) is 2. The predicted octanol–water partition coefficient (Wildman–Crippen LogP) is 5.67. The van der Waals surface area contributed by atoms with Gasteiger partial charge in [-0.3, -0.25) is 9.78 Å². The van der Waals surface area contributed by atoms with Crippen molar-refractivity contribution in [3.05, 3.63) is 70.5 Å². The van der Waals surface area contributed by atoms with Crippen LogP contribution < -0.4 is 5.32 Å². The second kappa shape index (κ2) is 7.31. The maximum atomic E-state index is 15.2. The van der Waals surface area contributed by atoms with Crippen molar-refractivity contribution in [1.82, 2.24) is 4.98 Å². The number of alkyl halides is 4. The fourth-order valence-corrected chi connectivity index (χ4v) is 3.20. The van der Waals surface area contributed by atoms with Crippen LogP contribution in [0.4, 0.5) is 23.2 Å². The molecule has 2 aromatic rings. The summed E-state index contributed by atoms with van der Waals surface area (Å²) in [4.78, 5) is 16.3. The zero-order valence-corrected chi connectivity index (χ0v) is 14.7. The van der Waals surface area contributed by atoms with Gasteiger partial charge in [0.15, 0.2) is 5.67 Å². The molecule has 0 saturated carbocycles. The van der Waals surface area contributed by atoms with E-state index in [2.05, 4.69) is 10.3 Å². The quantitative estimate of drug-likeness (QED) is 0.677. The normalized spacial score (nSPS) is 20.1. The van der Waals surface area contributed by atoms with Gasteiger partial charge in [0.2, 0.25) is 0 Å². The van der Waals surface area contributed by atoms with Crippen LogP contribution in [0.5, 0.6) is 0 Å². The van der Waals surface area contributed by atoms with E-state index in [0.717, 1.165) is 12.1 Å². The topological polar surface area (TPSA) is 42.0 Å². The minimum absolute atomic E-state index is 0.0377. The van der Waals surface area contributed by atoms with Gasteiger partial charge < -0.3 is 5.32 Å². The lowest BCUT2D eigenvalue weighted by Gasteiger charge is -2.28. The van der Waals surface area contributed by atoms with E-state index in [1.54, 1.807) is 12.1 Å². The van der Waals surface area contributed by atoms with Gasteiger partial charge in [0.25, 0.3) is 5.91 Å². The highest BCUT2D eigenvalue weighted by molar-refractivity contribution is 6.31. The van der Waals surface area contributed by atoms with Crippen LogP contribution in [0.3, 0.4) is 0 Å². The summed E-state index contributed by atoms with van der Waals surface area (Å²) in [6, 6.07) is 7.30. The van der Waals surface area contributed by atoms with E-state index in [0.29, 0.717) is 5.57 Å². The molecule has 0 fully saturated rings. The zero-order chi connectivity index (χ0) is 19.7. The van der Waals surface area contributed by atoms with E-state index in [-0.39, 0.29) is 35.7 Å². The molecule has 1 aliphatic rings. The summed E-state index contributed by atoms with van der Waals surface area (Å²) in [5.41, 5.74) is -1.80. The zero-order valence-electron chi connectivity index (χ0n) is 14.0. The van der Waals surface area contributed by atoms with E-state index in [1.165, 1.54) is 24.4 Å². The third-order valence-electron chi connectivity index (χ3n) is 4.41. The number of amides is 1. The van der Waals surface area contributed by atoms with E-state index in [4.69, 9.17) is 11.6 Å². The second-order valence-electron chi connectivity index (χ2n) is 6.26. The molecule has 3 nitrogen and oxygen atoms in total. The van der Waals surface area contributed by atoms with Crippen LogP contribution in [0.25, 0.3) is 0 Å². The second-order valence-corrected chi connectivity index (χ2v) is 6.67. The van der Waals surface area contributed by atoms with Crippen LogP contribution in [0, 0.1) is 0 Å². The van der Waals surface area contributed by atoms with Crippen LogP contribution in [-0.4, -0.2) is 10.9 Å². The van der Waals surface area contributed by atoms with E-state index in [9.17, 15) is 18.0 Å². The van der Waals surface area contributed by atoms with Crippen molar-refractivity contribution in [3.8, 4) is 0 Å². The Labute approximate surface area is 158 Å². The van der Waals surface area contributed by atoms with Crippen molar-refractivity contribution in [3.63, 3.8) is 0 Å². The number of nitrogens with one attached hydrogen (secondary N) is 1. The summed E-state index contributed by atoms with van der Waals surface area (Å²) in [5.74, 6) is -0.469. The van der Waals surface area contributed by atoms with Crippen molar-refractivity contribution in [2.75, 3.05) is 5.32 Å². The van der Waals surface area contributed by atoms with Crippen molar-refractivity contribution in [2.24, 2.45) is 0 Å². The Morgan fingerprint density at radius 3 is 2.44 bits per heavy atom. The molecule has 8 heteroatoms. The number of aromatic nitrogens is 1. The van der Waals surface area contributed by atoms with Crippen LogP contribution >= 0.6 is 11.6 Å². The minimum Gasteiger partial charge on any atom is -0.322 e. The van der Waals surface area contributed by atoms with Gasteiger partial charge in [-0.15, -0.1) is 0 Å². The average molecular weight is 399 g/mol. The van der Waals surface area contributed by atoms with Crippen LogP contribution in [0.1, 0.15) is 30.5 Å². The van der Waals surface area contributed by atoms with Gasteiger partial charge in [0, 0.05) is 23.9 Å². The predicted molar refractivity (Wildman–Crippen MR) is 94.0 cm³/mol. The molecular formula is C19H15ClF4N2O. The molecule has 1 N–H and O–H groups in total. The summed E-state index contributed by atoms with van der Waals surface area (Å²) < 4.78 is 52.9. The summed E-state index contributed by atoms with van der Waals surface area (Å²) in [7, 11) is 0. The van der Waals surface area contributed by atoms with Crippen LogP contribution in [-0.2, 0) is 16.6 Å². The molecule has 1 unspecified atom stereocenters. The first-order valence-corrected chi connectivity index (χ1v) is 8.54. The Morgan fingerprint density at radius 1 is 1.19 bits per heavy atom. The molecule has 3 rings (SSSR count). The van der Waals surface area contributed by atoms with E-state index < -0.39 is 23.3 Å². The molecule has 142 valence electrons. The van der Waals surface area contributed by atoms with Crippen LogP contribution in [0.15, 0.2) is 54.2 Å². The number of anilines is 1. The Bertz CT molecular complexity index is 880. The average Bonchev–Trinajstić information content (AvgIpc) is 2.62. The number of halogens is 5. The molecule has 1 atom stereocenters. The first kappa shape index (κ1) is 19.4. The Hall–Kier alpha value is -2.41. The molecule has 0 spiro atoms. The van der Waals surface area contributed by atoms with Gasteiger partial charge in [0.1, 0.15) is 0 Å². The van der Waals surface area contributed by atoms with Crippen molar-refractivity contribution in [2.45, 2.75) is 31.1 Å². The third-order valence-corrected chi connectivity index (χ3v) is 4.71. The number of rotatable bonds is 3. The maximum Gasteiger partial charge on any atom is 0.416 e. The number of carbonyl (C=O) groups excluding carboxylic acids is 1.